The summed E-state index contributed by atoms with van der Waals surface area (Å²) in [7, 11) is 1.61. The number of methoxy groups -OCH3 is 1. The summed E-state index contributed by atoms with van der Waals surface area (Å²) in [6.45, 7) is 8.18. The molecule has 1 unspecified atom stereocenters. The SMILES string of the molecule is CC(C)(C)OC(=O)N1CCCC1.COc1cc(Br)cc(NC2CCCCO2)c1C=N. The Labute approximate surface area is 188 Å². The summed E-state index contributed by atoms with van der Waals surface area (Å²) in [5.74, 6) is 0.678. The highest BCUT2D eigenvalue weighted by atomic mass is 79.9. The van der Waals surface area contributed by atoms with E-state index in [2.05, 4.69) is 21.2 Å². The largest absolute Gasteiger partial charge is 0.496 e. The van der Waals surface area contributed by atoms with Crippen LogP contribution in [0.3, 0.4) is 0 Å². The molecule has 2 aliphatic rings. The molecule has 1 aromatic carbocycles. The zero-order valence-corrected chi connectivity index (χ0v) is 20.0. The van der Waals surface area contributed by atoms with E-state index in [9.17, 15) is 4.79 Å². The Morgan fingerprint density at radius 1 is 1.27 bits per heavy atom. The fourth-order valence-electron chi connectivity index (χ4n) is 3.28. The summed E-state index contributed by atoms with van der Waals surface area (Å²) in [6, 6.07) is 3.80. The number of amides is 1. The molecule has 1 aromatic rings. The van der Waals surface area contributed by atoms with E-state index in [4.69, 9.17) is 19.6 Å². The Bertz CT molecular complexity index is 709. The molecule has 8 heteroatoms. The number of carbonyl (C=O) groups excluding carboxylic acids is 1. The molecule has 168 valence electrons. The summed E-state index contributed by atoms with van der Waals surface area (Å²) >= 11 is 3.45. The lowest BCUT2D eigenvalue weighted by atomic mass is 10.1. The third-order valence-corrected chi connectivity index (χ3v) is 5.18. The topological polar surface area (TPSA) is 83.9 Å². The maximum absolute atomic E-state index is 11.4. The van der Waals surface area contributed by atoms with E-state index in [1.54, 1.807) is 12.0 Å². The number of nitrogens with zero attached hydrogens (tertiary/aromatic N) is 1. The van der Waals surface area contributed by atoms with Crippen molar-refractivity contribution in [3.63, 3.8) is 0 Å². The molecular weight excluding hydrogens is 450 g/mol. The van der Waals surface area contributed by atoms with E-state index in [1.165, 1.54) is 12.6 Å². The Balaban J connectivity index is 0.000000232. The van der Waals surface area contributed by atoms with E-state index >= 15 is 0 Å². The minimum atomic E-state index is -0.361. The van der Waals surface area contributed by atoms with Crippen LogP contribution in [-0.2, 0) is 9.47 Å². The fourth-order valence-corrected chi connectivity index (χ4v) is 3.72. The molecule has 0 bridgehead atoms. The van der Waals surface area contributed by atoms with Crippen LogP contribution in [0, 0.1) is 5.41 Å². The molecule has 2 saturated heterocycles. The first-order valence-electron chi connectivity index (χ1n) is 10.5. The van der Waals surface area contributed by atoms with Crippen molar-refractivity contribution in [2.45, 2.75) is 64.7 Å². The maximum Gasteiger partial charge on any atom is 0.410 e. The number of likely N-dealkylation sites (tertiary alicyclic amines) is 1. The van der Waals surface area contributed by atoms with Crippen LogP contribution < -0.4 is 10.1 Å². The minimum Gasteiger partial charge on any atom is -0.496 e. The van der Waals surface area contributed by atoms with Gasteiger partial charge >= 0.3 is 6.09 Å². The zero-order chi connectivity index (χ0) is 22.1. The molecule has 0 spiro atoms. The van der Waals surface area contributed by atoms with Gasteiger partial charge in [0, 0.05) is 36.1 Å². The highest BCUT2D eigenvalue weighted by molar-refractivity contribution is 9.10. The summed E-state index contributed by atoms with van der Waals surface area (Å²) < 4.78 is 17.1. The molecule has 0 aromatic heterocycles. The van der Waals surface area contributed by atoms with Gasteiger partial charge in [-0.2, -0.15) is 0 Å². The third kappa shape index (κ3) is 7.80. The van der Waals surface area contributed by atoms with E-state index < -0.39 is 0 Å². The highest BCUT2D eigenvalue weighted by Crippen LogP contribution is 2.31. The quantitative estimate of drug-likeness (QED) is 0.559. The molecule has 3 rings (SSSR count). The molecule has 7 nitrogen and oxygen atoms in total. The van der Waals surface area contributed by atoms with Gasteiger partial charge in [0.25, 0.3) is 0 Å². The first-order chi connectivity index (χ1) is 14.2. The molecule has 30 heavy (non-hydrogen) atoms. The van der Waals surface area contributed by atoms with Gasteiger partial charge in [-0.25, -0.2) is 4.79 Å². The monoisotopic (exact) mass is 483 g/mol. The summed E-state index contributed by atoms with van der Waals surface area (Å²) in [5, 5.41) is 10.8. The van der Waals surface area contributed by atoms with Gasteiger partial charge in [0.1, 0.15) is 17.6 Å². The van der Waals surface area contributed by atoms with Crippen LogP contribution in [0.1, 0.15) is 58.4 Å². The summed E-state index contributed by atoms with van der Waals surface area (Å²) in [6.07, 6.45) is 6.66. The number of benzene rings is 1. The van der Waals surface area contributed by atoms with Crippen molar-refractivity contribution in [3.8, 4) is 5.75 Å². The smallest absolute Gasteiger partial charge is 0.410 e. The molecule has 2 heterocycles. The van der Waals surface area contributed by atoms with Crippen LogP contribution >= 0.6 is 15.9 Å². The average molecular weight is 484 g/mol. The van der Waals surface area contributed by atoms with Gasteiger partial charge in [0.05, 0.1) is 12.7 Å². The molecule has 0 radical (unpaired) electrons. The van der Waals surface area contributed by atoms with Crippen molar-refractivity contribution in [3.05, 3.63) is 22.2 Å². The number of halogens is 1. The van der Waals surface area contributed by atoms with Crippen LogP contribution in [0.2, 0.25) is 0 Å². The lowest BCUT2D eigenvalue weighted by Crippen LogP contribution is -2.34. The Morgan fingerprint density at radius 2 is 1.97 bits per heavy atom. The lowest BCUT2D eigenvalue weighted by molar-refractivity contribution is 0.0295. The van der Waals surface area contributed by atoms with Gasteiger partial charge < -0.3 is 29.8 Å². The number of hydrogen-bond acceptors (Lipinski definition) is 6. The maximum atomic E-state index is 11.4. The van der Waals surface area contributed by atoms with Gasteiger partial charge in [-0.1, -0.05) is 15.9 Å². The van der Waals surface area contributed by atoms with Crippen molar-refractivity contribution >= 4 is 33.9 Å². The summed E-state index contributed by atoms with van der Waals surface area (Å²) in [4.78, 5) is 13.1. The normalized spacial score (nSPS) is 18.8. The van der Waals surface area contributed by atoms with Gasteiger partial charge in [-0.05, 0) is 65.0 Å². The zero-order valence-electron chi connectivity index (χ0n) is 18.4. The van der Waals surface area contributed by atoms with Crippen molar-refractivity contribution in [1.29, 1.82) is 5.41 Å². The fraction of sp³-hybridized carbons (Fsp3) is 0.636. The lowest BCUT2D eigenvalue weighted by Gasteiger charge is -2.25. The molecule has 0 saturated carbocycles. The first kappa shape index (κ1) is 24.5. The minimum absolute atomic E-state index is 0.0245. The van der Waals surface area contributed by atoms with Crippen LogP contribution in [-0.4, -0.2) is 55.8 Å². The van der Waals surface area contributed by atoms with Crippen molar-refractivity contribution < 1.29 is 19.0 Å². The molecule has 1 amide bonds. The van der Waals surface area contributed by atoms with Crippen LogP contribution in [0.5, 0.6) is 5.75 Å². The van der Waals surface area contributed by atoms with Crippen LogP contribution in [0.4, 0.5) is 10.5 Å². The number of carbonyl (C=O) groups is 1. The van der Waals surface area contributed by atoms with E-state index in [0.29, 0.717) is 5.75 Å². The van der Waals surface area contributed by atoms with Crippen molar-refractivity contribution in [2.24, 2.45) is 0 Å². The predicted octanol–water partition coefficient (Wildman–Crippen LogP) is 5.41. The predicted molar refractivity (Wildman–Crippen MR) is 123 cm³/mol. The number of rotatable bonds is 4. The van der Waals surface area contributed by atoms with Crippen molar-refractivity contribution in [2.75, 3.05) is 32.1 Å². The second kappa shape index (κ2) is 11.6. The first-order valence-corrected chi connectivity index (χ1v) is 11.3. The second-order valence-electron chi connectivity index (χ2n) is 8.39. The Kier molecular flexibility index (Phi) is 9.42. The van der Waals surface area contributed by atoms with Crippen LogP contribution in [0.25, 0.3) is 0 Å². The molecule has 2 fully saturated rings. The van der Waals surface area contributed by atoms with Crippen molar-refractivity contribution in [1.82, 2.24) is 4.90 Å². The number of ether oxygens (including phenoxy) is 3. The molecule has 0 aliphatic carbocycles. The molecular formula is C22H34BrN3O4. The summed E-state index contributed by atoms with van der Waals surface area (Å²) in [5.41, 5.74) is 1.25. The van der Waals surface area contributed by atoms with Crippen LogP contribution in [0.15, 0.2) is 16.6 Å². The van der Waals surface area contributed by atoms with Gasteiger partial charge in [-0.3, -0.25) is 0 Å². The highest BCUT2D eigenvalue weighted by Gasteiger charge is 2.24. The number of nitrogens with one attached hydrogen (secondary N) is 2. The van der Waals surface area contributed by atoms with E-state index in [0.717, 1.165) is 61.1 Å². The third-order valence-electron chi connectivity index (χ3n) is 4.73. The van der Waals surface area contributed by atoms with Gasteiger partial charge in [-0.15, -0.1) is 0 Å². The number of anilines is 1. The molecule has 1 atom stereocenters. The second-order valence-corrected chi connectivity index (χ2v) is 9.30. The Morgan fingerprint density at radius 3 is 2.50 bits per heavy atom. The molecule has 2 N–H and O–H groups in total. The Hall–Kier alpha value is -1.80. The molecule has 2 aliphatic heterocycles. The number of hydrogen-bond donors (Lipinski definition) is 2. The van der Waals surface area contributed by atoms with Gasteiger partial charge in [0.15, 0.2) is 0 Å². The van der Waals surface area contributed by atoms with Gasteiger partial charge in [0.2, 0.25) is 0 Å². The standard InChI is InChI=1S/C13H17BrN2O2.C9H17NO2/c1-17-12-7-9(14)6-11(10(12)8-15)16-13-4-2-3-5-18-13;1-9(2,3)12-8(11)10-6-4-5-7-10/h6-8,13,15-16H,2-5H2,1H3;4-7H2,1-3H3. The van der Waals surface area contributed by atoms with E-state index in [1.807, 2.05) is 32.9 Å². The van der Waals surface area contributed by atoms with E-state index in [-0.39, 0.29) is 17.9 Å². The average Bonchev–Trinajstić information content (AvgIpc) is 3.22.